The highest BCUT2D eigenvalue weighted by atomic mass is 127. The number of hydrogen-bond donors (Lipinski definition) is 2. The lowest BCUT2D eigenvalue weighted by molar-refractivity contribution is 0.0487. The second kappa shape index (κ2) is 16.6. The molecular formula is C21H33IN4O2S. The van der Waals surface area contributed by atoms with Crippen molar-refractivity contribution >= 4 is 41.3 Å². The molecule has 6 nitrogen and oxygen atoms in total. The summed E-state index contributed by atoms with van der Waals surface area (Å²) in [5.74, 6) is 0.779. The zero-order chi connectivity index (χ0) is 19.9. The summed E-state index contributed by atoms with van der Waals surface area (Å²) in [7, 11) is 0. The fourth-order valence-electron chi connectivity index (χ4n) is 2.42. The van der Waals surface area contributed by atoms with E-state index in [1.165, 1.54) is 0 Å². The normalized spacial score (nSPS) is 11.2. The van der Waals surface area contributed by atoms with Gasteiger partial charge < -0.3 is 20.1 Å². The predicted molar refractivity (Wildman–Crippen MR) is 132 cm³/mol. The highest BCUT2D eigenvalue weighted by molar-refractivity contribution is 14.0. The van der Waals surface area contributed by atoms with Crippen molar-refractivity contribution in [1.82, 2.24) is 15.6 Å². The van der Waals surface area contributed by atoms with Crippen LogP contribution in [0.1, 0.15) is 31.7 Å². The molecule has 1 heterocycles. The third kappa shape index (κ3) is 10.9. The van der Waals surface area contributed by atoms with Gasteiger partial charge in [0, 0.05) is 30.6 Å². The van der Waals surface area contributed by atoms with Gasteiger partial charge in [-0.3, -0.25) is 0 Å². The SMILES string of the molecule is CCCCOCCOCCNC(=NCc1nc(-c2ccccc2)cs1)NCC.I. The molecule has 0 unspecified atom stereocenters. The Morgan fingerprint density at radius 2 is 1.79 bits per heavy atom. The van der Waals surface area contributed by atoms with Crippen molar-refractivity contribution in [2.45, 2.75) is 33.2 Å². The number of nitrogens with zero attached hydrogens (tertiary/aromatic N) is 2. The Balaban J connectivity index is 0.00000420. The maximum absolute atomic E-state index is 5.58. The van der Waals surface area contributed by atoms with Crippen LogP contribution in [0.3, 0.4) is 0 Å². The summed E-state index contributed by atoms with van der Waals surface area (Å²) in [5.41, 5.74) is 2.14. The molecule has 29 heavy (non-hydrogen) atoms. The van der Waals surface area contributed by atoms with Gasteiger partial charge in [0.05, 0.1) is 32.1 Å². The molecule has 162 valence electrons. The van der Waals surface area contributed by atoms with E-state index in [0.717, 1.165) is 48.2 Å². The van der Waals surface area contributed by atoms with Gasteiger partial charge in [0.1, 0.15) is 5.01 Å². The topological polar surface area (TPSA) is 67.8 Å². The van der Waals surface area contributed by atoms with Crippen LogP contribution in [0, 0.1) is 0 Å². The summed E-state index contributed by atoms with van der Waals surface area (Å²) in [6, 6.07) is 10.2. The second-order valence-electron chi connectivity index (χ2n) is 6.19. The summed E-state index contributed by atoms with van der Waals surface area (Å²) in [5, 5.41) is 9.62. The third-order valence-electron chi connectivity index (χ3n) is 3.89. The molecule has 0 saturated carbocycles. The van der Waals surface area contributed by atoms with Crippen LogP contribution in [0.15, 0.2) is 40.7 Å². The van der Waals surface area contributed by atoms with Crippen LogP contribution in [-0.4, -0.2) is 50.5 Å². The standard InChI is InChI=1S/C21H32N4O2S.HI/c1-3-5-12-26-14-15-27-13-11-23-21(22-4-2)24-16-20-25-19(17-28-20)18-9-7-6-8-10-18;/h6-10,17H,3-5,11-16H2,1-2H3,(H2,22,23,24);1H. The highest BCUT2D eigenvalue weighted by Gasteiger charge is 2.04. The minimum Gasteiger partial charge on any atom is -0.379 e. The van der Waals surface area contributed by atoms with E-state index in [2.05, 4.69) is 52.0 Å². The molecule has 0 fully saturated rings. The maximum Gasteiger partial charge on any atom is 0.191 e. The number of benzene rings is 1. The van der Waals surface area contributed by atoms with Crippen LogP contribution in [0.25, 0.3) is 11.3 Å². The van der Waals surface area contributed by atoms with Crippen LogP contribution in [0.2, 0.25) is 0 Å². The molecule has 0 saturated heterocycles. The van der Waals surface area contributed by atoms with E-state index in [1.54, 1.807) is 11.3 Å². The molecule has 8 heteroatoms. The van der Waals surface area contributed by atoms with Gasteiger partial charge in [-0.1, -0.05) is 43.7 Å². The average molecular weight is 532 g/mol. The zero-order valence-electron chi connectivity index (χ0n) is 17.4. The van der Waals surface area contributed by atoms with Crippen LogP contribution in [0.5, 0.6) is 0 Å². The molecule has 2 aromatic rings. The monoisotopic (exact) mass is 532 g/mol. The number of nitrogens with one attached hydrogen (secondary N) is 2. The maximum atomic E-state index is 5.58. The number of ether oxygens (including phenoxy) is 2. The molecule has 0 aliphatic heterocycles. The third-order valence-corrected chi connectivity index (χ3v) is 4.72. The number of guanidine groups is 1. The van der Waals surface area contributed by atoms with E-state index in [-0.39, 0.29) is 24.0 Å². The fraction of sp³-hybridized carbons (Fsp3) is 0.524. The van der Waals surface area contributed by atoms with Gasteiger partial charge >= 0.3 is 0 Å². The number of rotatable bonds is 13. The smallest absolute Gasteiger partial charge is 0.191 e. The Labute approximate surface area is 195 Å². The molecule has 0 atom stereocenters. The summed E-state index contributed by atoms with van der Waals surface area (Å²) in [6.45, 7) is 9.00. The molecule has 0 bridgehead atoms. The van der Waals surface area contributed by atoms with E-state index in [0.29, 0.717) is 32.9 Å². The van der Waals surface area contributed by atoms with Crippen LogP contribution < -0.4 is 10.6 Å². The Morgan fingerprint density at radius 3 is 2.52 bits per heavy atom. The number of unbranched alkanes of at least 4 members (excludes halogenated alkanes) is 1. The summed E-state index contributed by atoms with van der Waals surface area (Å²) < 4.78 is 11.1. The predicted octanol–water partition coefficient (Wildman–Crippen LogP) is 4.32. The first-order valence-electron chi connectivity index (χ1n) is 10.0. The van der Waals surface area contributed by atoms with Crippen molar-refractivity contribution in [2.75, 3.05) is 39.5 Å². The second-order valence-corrected chi connectivity index (χ2v) is 7.14. The summed E-state index contributed by atoms with van der Waals surface area (Å²) >= 11 is 1.64. The van der Waals surface area contributed by atoms with E-state index >= 15 is 0 Å². The van der Waals surface area contributed by atoms with Crippen molar-refractivity contribution in [2.24, 2.45) is 4.99 Å². The summed E-state index contributed by atoms with van der Waals surface area (Å²) in [6.07, 6.45) is 2.27. The highest BCUT2D eigenvalue weighted by Crippen LogP contribution is 2.21. The van der Waals surface area contributed by atoms with Gasteiger partial charge in [-0.05, 0) is 13.3 Å². The number of aromatic nitrogens is 1. The number of halogens is 1. The lowest BCUT2D eigenvalue weighted by Gasteiger charge is -2.11. The van der Waals surface area contributed by atoms with E-state index in [1.807, 2.05) is 18.2 Å². The lowest BCUT2D eigenvalue weighted by atomic mass is 10.2. The molecule has 0 aliphatic rings. The minimum absolute atomic E-state index is 0. The molecule has 0 spiro atoms. The Bertz CT molecular complexity index is 682. The molecular weight excluding hydrogens is 499 g/mol. The lowest BCUT2D eigenvalue weighted by Crippen LogP contribution is -2.39. The fourth-order valence-corrected chi connectivity index (χ4v) is 3.15. The largest absolute Gasteiger partial charge is 0.379 e. The van der Waals surface area contributed by atoms with Crippen LogP contribution in [0.4, 0.5) is 0 Å². The molecule has 0 aliphatic carbocycles. The van der Waals surface area contributed by atoms with Crippen molar-refractivity contribution in [3.05, 3.63) is 40.7 Å². The Morgan fingerprint density at radius 1 is 1.03 bits per heavy atom. The Kier molecular flexibility index (Phi) is 14.7. The van der Waals surface area contributed by atoms with Crippen molar-refractivity contribution in [1.29, 1.82) is 0 Å². The quantitative estimate of drug-likeness (QED) is 0.174. The van der Waals surface area contributed by atoms with Gasteiger partial charge in [-0.25, -0.2) is 9.98 Å². The summed E-state index contributed by atoms with van der Waals surface area (Å²) in [4.78, 5) is 9.30. The van der Waals surface area contributed by atoms with Gasteiger partial charge in [0.25, 0.3) is 0 Å². The number of hydrogen-bond acceptors (Lipinski definition) is 5. The van der Waals surface area contributed by atoms with Crippen molar-refractivity contribution < 1.29 is 9.47 Å². The van der Waals surface area contributed by atoms with Gasteiger partial charge in [-0.15, -0.1) is 35.3 Å². The molecule has 0 amide bonds. The molecule has 1 aromatic carbocycles. The first-order chi connectivity index (χ1) is 13.8. The van der Waals surface area contributed by atoms with Gasteiger partial charge in [0.2, 0.25) is 0 Å². The molecule has 0 radical (unpaired) electrons. The Hall–Kier alpha value is -1.23. The van der Waals surface area contributed by atoms with Gasteiger partial charge in [-0.2, -0.15) is 0 Å². The van der Waals surface area contributed by atoms with Crippen LogP contribution >= 0.6 is 35.3 Å². The first kappa shape index (κ1) is 25.8. The molecule has 2 rings (SSSR count). The average Bonchev–Trinajstić information content (AvgIpc) is 3.20. The van der Waals surface area contributed by atoms with E-state index in [9.17, 15) is 0 Å². The van der Waals surface area contributed by atoms with Crippen LogP contribution in [-0.2, 0) is 16.0 Å². The van der Waals surface area contributed by atoms with Gasteiger partial charge in [0.15, 0.2) is 5.96 Å². The van der Waals surface area contributed by atoms with E-state index < -0.39 is 0 Å². The molecule has 1 aromatic heterocycles. The van der Waals surface area contributed by atoms with E-state index in [4.69, 9.17) is 9.47 Å². The van der Waals surface area contributed by atoms with Crippen molar-refractivity contribution in [3.8, 4) is 11.3 Å². The first-order valence-corrected chi connectivity index (χ1v) is 10.9. The number of aliphatic imine (C=N–C) groups is 1. The molecule has 2 N–H and O–H groups in total. The zero-order valence-corrected chi connectivity index (χ0v) is 20.5. The minimum atomic E-state index is 0. The number of thiazole rings is 1. The van der Waals surface area contributed by atoms with Crippen molar-refractivity contribution in [3.63, 3.8) is 0 Å².